The number of rotatable bonds is 4. The van der Waals surface area contributed by atoms with Gasteiger partial charge in [-0.05, 0) is 44.0 Å². The zero-order valence-corrected chi connectivity index (χ0v) is 12.5. The molecule has 0 aliphatic heterocycles. The van der Waals surface area contributed by atoms with Crippen LogP contribution >= 0.6 is 15.9 Å². The maximum absolute atomic E-state index is 13.5. The highest BCUT2D eigenvalue weighted by Gasteiger charge is 2.04. The first-order valence-corrected chi connectivity index (χ1v) is 6.73. The van der Waals surface area contributed by atoms with Crippen molar-refractivity contribution in [2.24, 2.45) is 4.99 Å². The summed E-state index contributed by atoms with van der Waals surface area (Å²) in [6.45, 7) is 4.72. The van der Waals surface area contributed by atoms with Crippen molar-refractivity contribution < 1.29 is 4.39 Å². The van der Waals surface area contributed by atoms with Gasteiger partial charge in [0.15, 0.2) is 5.96 Å². The lowest BCUT2D eigenvalue weighted by atomic mass is 10.1. The molecule has 0 aliphatic carbocycles. The number of aliphatic imine (C=N–C) groups is 1. The van der Waals surface area contributed by atoms with Crippen LogP contribution in [0.25, 0.3) is 0 Å². The van der Waals surface area contributed by atoms with Gasteiger partial charge in [0, 0.05) is 24.1 Å². The third-order valence-electron chi connectivity index (χ3n) is 2.34. The lowest BCUT2D eigenvalue weighted by molar-refractivity contribution is 0.605. The van der Waals surface area contributed by atoms with Gasteiger partial charge in [0.1, 0.15) is 5.82 Å². The van der Waals surface area contributed by atoms with E-state index in [1.165, 1.54) is 6.07 Å². The van der Waals surface area contributed by atoms with Gasteiger partial charge in [0.25, 0.3) is 0 Å². The minimum atomic E-state index is -0.174. The molecule has 0 aromatic heterocycles. The third kappa shape index (κ3) is 5.04. The normalized spacial score (nSPS) is 11.8. The van der Waals surface area contributed by atoms with E-state index in [9.17, 15) is 4.39 Å². The molecule has 0 atom stereocenters. The summed E-state index contributed by atoms with van der Waals surface area (Å²) in [7, 11) is 1.72. The van der Waals surface area contributed by atoms with Crippen molar-refractivity contribution in [1.82, 2.24) is 10.6 Å². The van der Waals surface area contributed by atoms with Crippen molar-refractivity contribution in [2.75, 3.05) is 13.6 Å². The molecule has 5 heteroatoms. The molecule has 0 amide bonds. The smallest absolute Gasteiger partial charge is 0.191 e. The minimum absolute atomic E-state index is 0.174. The third-order valence-corrected chi connectivity index (χ3v) is 2.84. The van der Waals surface area contributed by atoms with E-state index in [1.807, 2.05) is 13.8 Å². The van der Waals surface area contributed by atoms with Crippen LogP contribution in [0.5, 0.6) is 0 Å². The van der Waals surface area contributed by atoms with Crippen molar-refractivity contribution >= 4 is 21.9 Å². The summed E-state index contributed by atoms with van der Waals surface area (Å²) >= 11 is 3.34. The van der Waals surface area contributed by atoms with Crippen LogP contribution in [-0.4, -0.2) is 25.6 Å². The molecule has 2 N–H and O–H groups in total. The largest absolute Gasteiger partial charge is 0.356 e. The second-order valence-corrected chi connectivity index (χ2v) is 5.20. The van der Waals surface area contributed by atoms with E-state index < -0.39 is 0 Å². The first-order chi connectivity index (χ1) is 8.52. The molecular weight excluding hydrogens is 297 g/mol. The predicted molar refractivity (Wildman–Crippen MR) is 77.4 cm³/mol. The average molecular weight is 316 g/mol. The van der Waals surface area contributed by atoms with Gasteiger partial charge in [-0.25, -0.2) is 4.39 Å². The number of hydrogen-bond donors (Lipinski definition) is 2. The first kappa shape index (κ1) is 15.0. The quantitative estimate of drug-likeness (QED) is 0.662. The number of nitrogens with zero attached hydrogens (tertiary/aromatic N) is 1. The zero-order chi connectivity index (χ0) is 13.5. The van der Waals surface area contributed by atoms with Crippen LogP contribution in [0.15, 0.2) is 27.7 Å². The molecule has 0 radical (unpaired) electrons. The fraction of sp³-hybridized carbons (Fsp3) is 0.462. The summed E-state index contributed by atoms with van der Waals surface area (Å²) in [6, 6.07) is 5.29. The summed E-state index contributed by atoms with van der Waals surface area (Å²) in [4.78, 5) is 4.09. The maximum Gasteiger partial charge on any atom is 0.191 e. The Morgan fingerprint density at radius 1 is 1.44 bits per heavy atom. The molecule has 18 heavy (non-hydrogen) atoms. The van der Waals surface area contributed by atoms with Gasteiger partial charge in [-0.1, -0.05) is 15.9 Å². The Labute approximate surface area is 116 Å². The Morgan fingerprint density at radius 3 is 2.78 bits per heavy atom. The van der Waals surface area contributed by atoms with Gasteiger partial charge in [-0.3, -0.25) is 4.99 Å². The van der Waals surface area contributed by atoms with Crippen LogP contribution < -0.4 is 10.6 Å². The van der Waals surface area contributed by atoms with Gasteiger partial charge in [-0.2, -0.15) is 0 Å². The molecule has 0 spiro atoms. The highest BCUT2D eigenvalue weighted by molar-refractivity contribution is 9.10. The number of benzene rings is 1. The predicted octanol–water partition coefficient (Wildman–Crippen LogP) is 2.70. The fourth-order valence-corrected chi connectivity index (χ4v) is 1.93. The Kier molecular flexibility index (Phi) is 6.12. The van der Waals surface area contributed by atoms with Gasteiger partial charge in [0.05, 0.1) is 0 Å². The Balaban J connectivity index is 2.48. The van der Waals surface area contributed by atoms with Crippen molar-refractivity contribution in [3.8, 4) is 0 Å². The molecule has 0 saturated carbocycles. The van der Waals surface area contributed by atoms with E-state index in [0.29, 0.717) is 24.6 Å². The minimum Gasteiger partial charge on any atom is -0.356 e. The van der Waals surface area contributed by atoms with E-state index in [-0.39, 0.29) is 5.82 Å². The van der Waals surface area contributed by atoms with Crippen LogP contribution in [0, 0.1) is 5.82 Å². The summed E-state index contributed by atoms with van der Waals surface area (Å²) < 4.78 is 14.4. The molecule has 3 nitrogen and oxygen atoms in total. The summed E-state index contributed by atoms with van der Waals surface area (Å²) in [6.07, 6.45) is 0.615. The molecule has 100 valence electrons. The fourth-order valence-electron chi connectivity index (χ4n) is 1.52. The zero-order valence-electron chi connectivity index (χ0n) is 10.9. The molecule has 0 heterocycles. The van der Waals surface area contributed by atoms with E-state index >= 15 is 0 Å². The lowest BCUT2D eigenvalue weighted by Crippen LogP contribution is -2.41. The first-order valence-electron chi connectivity index (χ1n) is 5.94. The average Bonchev–Trinajstić information content (AvgIpc) is 2.31. The Morgan fingerprint density at radius 2 is 2.17 bits per heavy atom. The van der Waals surface area contributed by atoms with Crippen LogP contribution in [0.4, 0.5) is 4.39 Å². The molecule has 0 saturated heterocycles. The topological polar surface area (TPSA) is 36.4 Å². The SMILES string of the molecule is CN=C(NCCc1cc(Br)ccc1F)NC(C)C. The van der Waals surface area contributed by atoms with Crippen LogP contribution in [0.2, 0.25) is 0 Å². The van der Waals surface area contributed by atoms with Crippen molar-refractivity contribution in [3.63, 3.8) is 0 Å². The number of guanidine groups is 1. The number of hydrogen-bond acceptors (Lipinski definition) is 1. The van der Waals surface area contributed by atoms with Crippen LogP contribution in [0.1, 0.15) is 19.4 Å². The van der Waals surface area contributed by atoms with Gasteiger partial charge in [0.2, 0.25) is 0 Å². The van der Waals surface area contributed by atoms with Gasteiger partial charge >= 0.3 is 0 Å². The van der Waals surface area contributed by atoms with Crippen molar-refractivity contribution in [2.45, 2.75) is 26.3 Å². The summed E-state index contributed by atoms with van der Waals surface area (Å²) in [5.41, 5.74) is 0.692. The van der Waals surface area contributed by atoms with Crippen molar-refractivity contribution in [3.05, 3.63) is 34.1 Å². The number of nitrogens with one attached hydrogen (secondary N) is 2. The molecule has 1 aromatic carbocycles. The molecule has 0 fully saturated rings. The van der Waals surface area contributed by atoms with E-state index in [1.54, 1.807) is 19.2 Å². The Bertz CT molecular complexity index is 419. The molecule has 0 bridgehead atoms. The maximum atomic E-state index is 13.5. The van der Waals surface area contributed by atoms with E-state index in [2.05, 4.69) is 31.6 Å². The standard InChI is InChI=1S/C13H19BrFN3/c1-9(2)18-13(16-3)17-7-6-10-8-11(14)4-5-12(10)15/h4-5,8-9H,6-7H2,1-3H3,(H2,16,17,18). The van der Waals surface area contributed by atoms with E-state index in [0.717, 1.165) is 10.4 Å². The van der Waals surface area contributed by atoms with Crippen LogP contribution in [0.3, 0.4) is 0 Å². The summed E-state index contributed by atoms with van der Waals surface area (Å²) in [5, 5.41) is 6.33. The molecule has 0 aliphatic rings. The van der Waals surface area contributed by atoms with Gasteiger partial charge in [-0.15, -0.1) is 0 Å². The number of halogens is 2. The Hall–Kier alpha value is -1.10. The molecule has 1 rings (SSSR count). The lowest BCUT2D eigenvalue weighted by Gasteiger charge is -2.14. The monoisotopic (exact) mass is 315 g/mol. The summed E-state index contributed by atoms with van der Waals surface area (Å²) in [5.74, 6) is 0.562. The highest BCUT2D eigenvalue weighted by atomic mass is 79.9. The van der Waals surface area contributed by atoms with Gasteiger partial charge < -0.3 is 10.6 Å². The second kappa shape index (κ2) is 7.36. The highest BCUT2D eigenvalue weighted by Crippen LogP contribution is 2.15. The van der Waals surface area contributed by atoms with E-state index in [4.69, 9.17) is 0 Å². The molecule has 1 aromatic rings. The molecule has 0 unspecified atom stereocenters. The van der Waals surface area contributed by atoms with Crippen LogP contribution in [-0.2, 0) is 6.42 Å². The second-order valence-electron chi connectivity index (χ2n) is 4.28. The molecular formula is C13H19BrFN3. The van der Waals surface area contributed by atoms with Crippen molar-refractivity contribution in [1.29, 1.82) is 0 Å².